The summed E-state index contributed by atoms with van der Waals surface area (Å²) >= 11 is -4.35. The topological polar surface area (TPSA) is 78.9 Å². The van der Waals surface area contributed by atoms with Gasteiger partial charge in [0, 0.05) is 0 Å². The molecular weight excluding hydrogens is 307 g/mol. The van der Waals surface area contributed by atoms with Crippen LogP contribution in [0.1, 0.15) is 40.0 Å². The molecule has 0 aliphatic heterocycles. The molecule has 0 radical (unpaired) electrons. The SMILES string of the molecule is CCC(=O)[O][Zr]([CH3])([O]C(=O)CC)[O]C(=O)CC. The molecule has 0 aliphatic rings. The molecule has 7 heteroatoms. The molecule has 0 atom stereocenters. The maximum atomic E-state index is 11.2. The Morgan fingerprint density at radius 2 is 1.00 bits per heavy atom. The molecule has 0 aliphatic carbocycles. The maximum absolute atomic E-state index is 11.2. The van der Waals surface area contributed by atoms with Gasteiger partial charge in [0.25, 0.3) is 0 Å². The van der Waals surface area contributed by atoms with Crippen LogP contribution in [0.3, 0.4) is 0 Å². The van der Waals surface area contributed by atoms with Gasteiger partial charge in [-0.2, -0.15) is 0 Å². The van der Waals surface area contributed by atoms with E-state index in [0.29, 0.717) is 0 Å². The predicted molar refractivity (Wildman–Crippen MR) is 55.0 cm³/mol. The van der Waals surface area contributed by atoms with Gasteiger partial charge >= 0.3 is 107 Å². The Kier molecular flexibility index (Phi) is 7.27. The molecule has 0 fully saturated rings. The van der Waals surface area contributed by atoms with Crippen molar-refractivity contribution in [3.05, 3.63) is 0 Å². The molecule has 0 unspecified atom stereocenters. The van der Waals surface area contributed by atoms with Crippen LogP contribution in [0.5, 0.6) is 0 Å². The Labute approximate surface area is 107 Å². The van der Waals surface area contributed by atoms with Crippen LogP contribution in [-0.4, -0.2) is 17.9 Å². The molecule has 17 heavy (non-hydrogen) atoms. The van der Waals surface area contributed by atoms with E-state index in [9.17, 15) is 14.4 Å². The monoisotopic (exact) mass is 324 g/mol. The molecule has 0 aromatic carbocycles. The molecule has 0 saturated heterocycles. The second-order valence-electron chi connectivity index (χ2n) is 3.35. The Balaban J connectivity index is 4.72. The molecule has 0 amide bonds. The summed E-state index contributed by atoms with van der Waals surface area (Å²) in [5, 5.41) is 0. The number of hydrogen-bond acceptors (Lipinski definition) is 6. The first-order valence-corrected chi connectivity index (χ1v) is 11.0. The fourth-order valence-corrected chi connectivity index (χ4v) is 5.32. The third kappa shape index (κ3) is 6.56. The number of carbonyl (C=O) groups excluding carboxylic acids is 3. The number of hydrogen-bond donors (Lipinski definition) is 0. The van der Waals surface area contributed by atoms with Gasteiger partial charge in [0.1, 0.15) is 0 Å². The predicted octanol–water partition coefficient (Wildman–Crippen LogP) is 1.79. The van der Waals surface area contributed by atoms with Crippen LogP contribution in [0.2, 0.25) is 4.63 Å². The van der Waals surface area contributed by atoms with Gasteiger partial charge in [-0.15, -0.1) is 0 Å². The Morgan fingerprint density at radius 1 is 0.765 bits per heavy atom. The van der Waals surface area contributed by atoms with Crippen LogP contribution < -0.4 is 0 Å². The Bertz CT molecular complexity index is 256. The van der Waals surface area contributed by atoms with E-state index in [1.54, 1.807) is 20.8 Å². The van der Waals surface area contributed by atoms with Gasteiger partial charge in [-0.25, -0.2) is 0 Å². The quantitative estimate of drug-likeness (QED) is 0.741. The summed E-state index contributed by atoms with van der Waals surface area (Å²) in [5.41, 5.74) is 0. The Morgan fingerprint density at radius 3 is 1.18 bits per heavy atom. The minimum atomic E-state index is -4.35. The van der Waals surface area contributed by atoms with Crippen LogP contribution in [0, 0.1) is 0 Å². The van der Waals surface area contributed by atoms with E-state index in [0.717, 1.165) is 0 Å². The summed E-state index contributed by atoms with van der Waals surface area (Å²) in [6, 6.07) is 0. The third-order valence-electron chi connectivity index (χ3n) is 1.76. The van der Waals surface area contributed by atoms with Crippen molar-refractivity contribution in [2.45, 2.75) is 44.7 Å². The normalized spacial score (nSPS) is 10.6. The van der Waals surface area contributed by atoms with E-state index < -0.39 is 39.5 Å². The van der Waals surface area contributed by atoms with Crippen LogP contribution in [0.4, 0.5) is 0 Å². The van der Waals surface area contributed by atoms with E-state index in [-0.39, 0.29) is 19.3 Å². The van der Waals surface area contributed by atoms with Crippen molar-refractivity contribution in [2.24, 2.45) is 0 Å². The van der Waals surface area contributed by atoms with E-state index in [1.807, 2.05) is 0 Å². The second kappa shape index (κ2) is 7.59. The molecule has 6 nitrogen and oxygen atoms in total. The molecule has 0 N–H and O–H groups in total. The molecule has 0 rings (SSSR count). The molecule has 0 heterocycles. The van der Waals surface area contributed by atoms with Gasteiger partial charge in [-0.05, 0) is 0 Å². The van der Waals surface area contributed by atoms with E-state index >= 15 is 0 Å². The van der Waals surface area contributed by atoms with Crippen molar-refractivity contribution in [1.29, 1.82) is 0 Å². The zero-order chi connectivity index (χ0) is 13.5. The fraction of sp³-hybridized carbons (Fsp3) is 0.700. The summed E-state index contributed by atoms with van der Waals surface area (Å²) in [4.78, 5) is 33.6. The summed E-state index contributed by atoms with van der Waals surface area (Å²) in [6.07, 6.45) is 0.416. The summed E-state index contributed by atoms with van der Waals surface area (Å²) in [7, 11) is 0. The minimum absolute atomic E-state index is 0.139. The summed E-state index contributed by atoms with van der Waals surface area (Å²) < 4.78 is 16.5. The molecule has 0 spiro atoms. The average molecular weight is 325 g/mol. The average Bonchev–Trinajstić information content (AvgIpc) is 2.27. The fourth-order valence-electron chi connectivity index (χ4n) is 0.899. The summed E-state index contributed by atoms with van der Waals surface area (Å²) in [6.45, 7) is 4.83. The zero-order valence-electron chi connectivity index (χ0n) is 10.6. The van der Waals surface area contributed by atoms with Crippen molar-refractivity contribution in [3.8, 4) is 0 Å². The van der Waals surface area contributed by atoms with E-state index in [1.165, 1.54) is 4.63 Å². The first-order chi connectivity index (χ1) is 7.86. The van der Waals surface area contributed by atoms with Crippen molar-refractivity contribution < 1.29 is 44.4 Å². The molecule has 98 valence electrons. The summed E-state index contributed by atoms with van der Waals surface area (Å²) in [5.74, 6) is -1.59. The van der Waals surface area contributed by atoms with Gasteiger partial charge in [0.05, 0.1) is 0 Å². The molecular formula is C10H18O6Zr. The van der Waals surface area contributed by atoms with Crippen LogP contribution >= 0.6 is 0 Å². The van der Waals surface area contributed by atoms with Crippen LogP contribution in [0.25, 0.3) is 0 Å². The first-order valence-electron chi connectivity index (χ1n) is 5.52. The molecule has 0 bridgehead atoms. The molecule has 0 saturated carbocycles. The van der Waals surface area contributed by atoms with Gasteiger partial charge in [0.15, 0.2) is 0 Å². The molecule has 0 aromatic rings. The van der Waals surface area contributed by atoms with Gasteiger partial charge in [-0.3, -0.25) is 0 Å². The zero-order valence-corrected chi connectivity index (χ0v) is 13.0. The van der Waals surface area contributed by atoms with Gasteiger partial charge in [-0.1, -0.05) is 0 Å². The van der Waals surface area contributed by atoms with Crippen molar-refractivity contribution in [2.75, 3.05) is 0 Å². The number of carbonyl (C=O) groups is 3. The van der Waals surface area contributed by atoms with Crippen LogP contribution in [-0.2, 0) is 44.4 Å². The van der Waals surface area contributed by atoms with E-state index in [4.69, 9.17) is 8.44 Å². The van der Waals surface area contributed by atoms with Crippen molar-refractivity contribution in [1.82, 2.24) is 0 Å². The standard InChI is InChI=1S/3C3H6O2.CH3.Zr/c3*1-2-3(4)5;;/h3*2H2,1H3,(H,4,5);1H3;/q;;;;+3/p-3. The Hall–Kier alpha value is -0.707. The number of rotatable bonds is 6. The van der Waals surface area contributed by atoms with E-state index in [2.05, 4.69) is 0 Å². The van der Waals surface area contributed by atoms with Crippen molar-refractivity contribution in [3.63, 3.8) is 0 Å². The first kappa shape index (κ1) is 16.3. The second-order valence-corrected chi connectivity index (χ2v) is 9.09. The molecule has 0 aromatic heterocycles. The van der Waals surface area contributed by atoms with Gasteiger partial charge < -0.3 is 0 Å². The van der Waals surface area contributed by atoms with Crippen molar-refractivity contribution >= 4 is 17.9 Å². The third-order valence-corrected chi connectivity index (χ3v) is 6.18. The van der Waals surface area contributed by atoms with Crippen LogP contribution in [0.15, 0.2) is 0 Å². The van der Waals surface area contributed by atoms with Gasteiger partial charge in [0.2, 0.25) is 0 Å².